The molecule has 180 valence electrons. The van der Waals surface area contributed by atoms with Crippen molar-refractivity contribution in [3.63, 3.8) is 0 Å². The molecule has 7 atom stereocenters. The van der Waals surface area contributed by atoms with E-state index >= 15 is 0 Å². The fourth-order valence-corrected chi connectivity index (χ4v) is 6.91. The third kappa shape index (κ3) is 5.46. The van der Waals surface area contributed by atoms with Crippen LogP contribution in [-0.2, 0) is 21.4 Å². The third-order valence-electron chi connectivity index (χ3n) is 7.93. The van der Waals surface area contributed by atoms with Crippen LogP contribution >= 0.6 is 0 Å². The number of aliphatic hydroxyl groups excluding tert-OH is 1. The summed E-state index contributed by atoms with van der Waals surface area (Å²) in [5.74, 6) is 0.170. The molecule has 0 aliphatic heterocycles. The quantitative estimate of drug-likeness (QED) is 0.573. The summed E-state index contributed by atoms with van der Waals surface area (Å²) in [6.45, 7) is 6.55. The molecule has 7 nitrogen and oxygen atoms in total. The molecule has 0 bridgehead atoms. The smallest absolute Gasteiger partial charge is 0.223 e. The summed E-state index contributed by atoms with van der Waals surface area (Å²) in [5.41, 5.74) is 0.948. The maximum atomic E-state index is 12.9. The van der Waals surface area contributed by atoms with Crippen molar-refractivity contribution in [2.75, 3.05) is 13.4 Å². The molecule has 1 unspecified atom stereocenters. The average molecular weight is 467 g/mol. The number of fused-ring (bicyclic) bond motifs is 1. The predicted octanol–water partition coefficient (Wildman–Crippen LogP) is 2.69. The maximum absolute atomic E-state index is 12.9. The first kappa shape index (κ1) is 25.0. The number of sulfonamides is 1. The summed E-state index contributed by atoms with van der Waals surface area (Å²) in [4.78, 5) is 12.9. The van der Waals surface area contributed by atoms with E-state index in [0.717, 1.165) is 37.0 Å². The van der Waals surface area contributed by atoms with Gasteiger partial charge in [0, 0.05) is 18.5 Å². The standard InChI is InChI=1S/C24H38N2O5S/c1-15(23(28)25-14-17-6-8-18(31-4)9-7-17)19-10-12-24(3)13-11-20(26-32(5,29)30)16(2)21(24)22(19)27/h6-9,15-16,19-22,26-27H,10-14H2,1-5H3,(H,25,28)/t15-,16+,19?,20-,21+,22-,24-/m0/s1. The van der Waals surface area contributed by atoms with E-state index in [-0.39, 0.29) is 41.0 Å². The SMILES string of the molecule is COc1ccc(CNC(=O)[C@@H](C)C2CC[C@@]3(C)CC[C@H](NS(C)(=O)=O)[C@@H](C)[C@@H]3[C@H]2O)cc1. The van der Waals surface area contributed by atoms with Crippen LogP contribution in [0.15, 0.2) is 24.3 Å². The lowest BCUT2D eigenvalue weighted by Crippen LogP contribution is -2.58. The van der Waals surface area contributed by atoms with Gasteiger partial charge in [-0.2, -0.15) is 0 Å². The van der Waals surface area contributed by atoms with Crippen LogP contribution < -0.4 is 14.8 Å². The Morgan fingerprint density at radius 1 is 1.25 bits per heavy atom. The number of methoxy groups -OCH3 is 1. The van der Waals surface area contributed by atoms with Crippen LogP contribution in [0.4, 0.5) is 0 Å². The van der Waals surface area contributed by atoms with Crippen LogP contribution in [-0.4, -0.2) is 44.9 Å². The minimum atomic E-state index is -3.32. The Morgan fingerprint density at radius 3 is 2.47 bits per heavy atom. The van der Waals surface area contributed by atoms with Gasteiger partial charge in [-0.1, -0.05) is 32.9 Å². The van der Waals surface area contributed by atoms with Crippen LogP contribution in [0.5, 0.6) is 5.75 Å². The Balaban J connectivity index is 1.66. The Hall–Kier alpha value is -1.64. The first-order valence-corrected chi connectivity index (χ1v) is 13.4. The van der Waals surface area contributed by atoms with Gasteiger partial charge in [0.1, 0.15) is 5.75 Å². The molecule has 1 amide bonds. The van der Waals surface area contributed by atoms with Crippen molar-refractivity contribution in [2.45, 2.75) is 65.1 Å². The minimum absolute atomic E-state index is 0.00386. The van der Waals surface area contributed by atoms with Crippen molar-refractivity contribution in [3.05, 3.63) is 29.8 Å². The molecule has 0 aromatic heterocycles. The minimum Gasteiger partial charge on any atom is -0.497 e. The topological polar surface area (TPSA) is 105 Å². The highest BCUT2D eigenvalue weighted by molar-refractivity contribution is 7.88. The van der Waals surface area contributed by atoms with Crippen molar-refractivity contribution in [3.8, 4) is 5.75 Å². The number of hydrogen-bond donors (Lipinski definition) is 3. The molecule has 1 aromatic rings. The van der Waals surface area contributed by atoms with E-state index in [1.54, 1.807) is 7.11 Å². The molecule has 2 fully saturated rings. The Morgan fingerprint density at radius 2 is 1.88 bits per heavy atom. The van der Waals surface area contributed by atoms with Crippen LogP contribution in [0.1, 0.15) is 52.0 Å². The molecule has 0 spiro atoms. The van der Waals surface area contributed by atoms with Crippen molar-refractivity contribution in [1.29, 1.82) is 0 Å². The van der Waals surface area contributed by atoms with Gasteiger partial charge in [0.2, 0.25) is 15.9 Å². The fourth-order valence-electron chi connectivity index (χ4n) is 6.02. The van der Waals surface area contributed by atoms with Crippen molar-refractivity contribution >= 4 is 15.9 Å². The number of ether oxygens (including phenoxy) is 1. The summed E-state index contributed by atoms with van der Waals surface area (Å²) >= 11 is 0. The van der Waals surface area contributed by atoms with Gasteiger partial charge in [0.25, 0.3) is 0 Å². The molecular formula is C24H38N2O5S. The maximum Gasteiger partial charge on any atom is 0.223 e. The van der Waals surface area contributed by atoms with E-state index < -0.39 is 16.1 Å². The van der Waals surface area contributed by atoms with Gasteiger partial charge in [0.15, 0.2) is 0 Å². The Kier molecular flexibility index (Phi) is 7.57. The molecule has 0 radical (unpaired) electrons. The van der Waals surface area contributed by atoms with E-state index in [2.05, 4.69) is 17.0 Å². The third-order valence-corrected chi connectivity index (χ3v) is 8.67. The van der Waals surface area contributed by atoms with Gasteiger partial charge in [-0.05, 0) is 66.5 Å². The second-order valence-corrected chi connectivity index (χ2v) is 11.9. The highest BCUT2D eigenvalue weighted by Gasteiger charge is 2.53. The Labute approximate surface area is 192 Å². The number of nitrogens with one attached hydrogen (secondary N) is 2. The largest absolute Gasteiger partial charge is 0.497 e. The van der Waals surface area contributed by atoms with E-state index in [0.29, 0.717) is 6.54 Å². The normalized spacial score (nSPS) is 33.8. The molecule has 3 rings (SSSR count). The van der Waals surface area contributed by atoms with E-state index in [1.807, 2.05) is 38.1 Å². The summed E-state index contributed by atoms with van der Waals surface area (Å²) in [5, 5.41) is 14.4. The zero-order chi connectivity index (χ0) is 23.7. The highest BCUT2D eigenvalue weighted by Crippen LogP contribution is 2.55. The lowest BCUT2D eigenvalue weighted by molar-refractivity contribution is -0.141. The van der Waals surface area contributed by atoms with Crippen LogP contribution in [0.3, 0.4) is 0 Å². The van der Waals surface area contributed by atoms with Gasteiger partial charge < -0.3 is 15.2 Å². The number of hydrogen-bond acceptors (Lipinski definition) is 5. The summed E-state index contributed by atoms with van der Waals surface area (Å²) in [7, 11) is -1.70. The average Bonchev–Trinajstić information content (AvgIpc) is 2.73. The molecule has 2 aliphatic carbocycles. The van der Waals surface area contributed by atoms with Crippen molar-refractivity contribution < 1.29 is 23.1 Å². The molecule has 8 heteroatoms. The zero-order valence-electron chi connectivity index (χ0n) is 19.8. The van der Waals surface area contributed by atoms with E-state index in [4.69, 9.17) is 4.74 Å². The number of carbonyl (C=O) groups excluding carboxylic acids is 1. The summed E-state index contributed by atoms with van der Waals surface area (Å²) < 4.78 is 31.6. The van der Waals surface area contributed by atoms with E-state index in [1.165, 1.54) is 6.26 Å². The monoisotopic (exact) mass is 466 g/mol. The van der Waals surface area contributed by atoms with Crippen LogP contribution in [0.2, 0.25) is 0 Å². The molecule has 1 aromatic carbocycles. The molecular weight excluding hydrogens is 428 g/mol. The summed E-state index contributed by atoms with van der Waals surface area (Å²) in [6.07, 6.45) is 3.92. The first-order valence-electron chi connectivity index (χ1n) is 11.5. The Bertz CT molecular complexity index is 903. The van der Waals surface area contributed by atoms with Gasteiger partial charge in [-0.3, -0.25) is 4.79 Å². The van der Waals surface area contributed by atoms with Crippen LogP contribution in [0.25, 0.3) is 0 Å². The zero-order valence-corrected chi connectivity index (χ0v) is 20.6. The van der Waals surface area contributed by atoms with E-state index in [9.17, 15) is 18.3 Å². The van der Waals surface area contributed by atoms with Gasteiger partial charge in [-0.15, -0.1) is 0 Å². The first-order chi connectivity index (χ1) is 14.9. The number of benzene rings is 1. The molecule has 0 heterocycles. The lowest BCUT2D eigenvalue weighted by atomic mass is 9.52. The van der Waals surface area contributed by atoms with Gasteiger partial charge in [0.05, 0.1) is 19.5 Å². The number of carbonyl (C=O) groups is 1. The second kappa shape index (κ2) is 9.69. The molecule has 2 saturated carbocycles. The predicted molar refractivity (Wildman–Crippen MR) is 124 cm³/mol. The van der Waals surface area contributed by atoms with Crippen molar-refractivity contribution in [1.82, 2.24) is 10.0 Å². The van der Waals surface area contributed by atoms with Gasteiger partial charge in [-0.25, -0.2) is 13.1 Å². The van der Waals surface area contributed by atoms with Gasteiger partial charge >= 0.3 is 0 Å². The number of amides is 1. The molecule has 32 heavy (non-hydrogen) atoms. The number of aliphatic hydroxyl groups is 1. The lowest BCUT2D eigenvalue weighted by Gasteiger charge is -2.56. The molecule has 0 saturated heterocycles. The highest BCUT2D eigenvalue weighted by atomic mass is 32.2. The summed E-state index contributed by atoms with van der Waals surface area (Å²) in [6, 6.07) is 7.38. The molecule has 3 N–H and O–H groups in total. The fraction of sp³-hybridized carbons (Fsp3) is 0.708. The number of rotatable bonds is 7. The second-order valence-electron chi connectivity index (χ2n) is 10.1. The van der Waals surface area contributed by atoms with Crippen LogP contribution in [0, 0.1) is 29.1 Å². The van der Waals surface area contributed by atoms with Crippen molar-refractivity contribution in [2.24, 2.45) is 29.1 Å². The molecule has 2 aliphatic rings.